The first-order valence-corrected chi connectivity index (χ1v) is 9.21. The minimum absolute atomic E-state index is 0.0662. The highest BCUT2D eigenvalue weighted by atomic mass is 32.2. The van der Waals surface area contributed by atoms with E-state index in [9.17, 15) is 17.6 Å². The van der Waals surface area contributed by atoms with Crippen LogP contribution in [0.1, 0.15) is 10.4 Å². The first-order chi connectivity index (χ1) is 10.8. The van der Waals surface area contributed by atoms with Gasteiger partial charge in [0.2, 0.25) is 0 Å². The number of hydrogen-bond donors (Lipinski definition) is 1. The Hall–Kier alpha value is -2.32. The number of hydrogen-bond acceptors (Lipinski definition) is 5. The molecule has 0 spiro atoms. The van der Waals surface area contributed by atoms with Gasteiger partial charge in [0, 0.05) is 11.8 Å². The van der Waals surface area contributed by atoms with E-state index in [1.807, 2.05) is 0 Å². The number of rotatable bonds is 3. The van der Waals surface area contributed by atoms with Crippen molar-refractivity contribution in [2.75, 3.05) is 11.6 Å². The molecule has 0 bridgehead atoms. The van der Waals surface area contributed by atoms with Gasteiger partial charge >= 0.3 is 0 Å². The summed E-state index contributed by atoms with van der Waals surface area (Å²) in [7, 11) is -3.39. The van der Waals surface area contributed by atoms with Crippen LogP contribution in [-0.4, -0.2) is 25.6 Å². The lowest BCUT2D eigenvalue weighted by molar-refractivity contribution is 0.102. The van der Waals surface area contributed by atoms with Gasteiger partial charge in [0.1, 0.15) is 5.82 Å². The summed E-state index contributed by atoms with van der Waals surface area (Å²) in [5.74, 6) is -0.852. The van der Waals surface area contributed by atoms with Gasteiger partial charge in [-0.05, 0) is 36.4 Å². The molecule has 1 amide bonds. The molecule has 3 rings (SSSR count). The van der Waals surface area contributed by atoms with E-state index >= 15 is 0 Å². The second kappa shape index (κ2) is 5.71. The third-order valence-corrected chi connectivity index (χ3v) is 5.14. The molecular formula is C15H11FN2O3S2. The smallest absolute Gasteiger partial charge is 0.257 e. The fourth-order valence-electron chi connectivity index (χ4n) is 1.99. The van der Waals surface area contributed by atoms with E-state index in [1.54, 1.807) is 0 Å². The lowest BCUT2D eigenvalue weighted by atomic mass is 10.2. The number of nitrogens with zero attached hydrogens (tertiary/aromatic N) is 1. The summed E-state index contributed by atoms with van der Waals surface area (Å²) in [5.41, 5.74) is 0.787. The summed E-state index contributed by atoms with van der Waals surface area (Å²) < 4.78 is 36.9. The van der Waals surface area contributed by atoms with Crippen LogP contribution < -0.4 is 5.32 Å². The van der Waals surface area contributed by atoms with Crippen molar-refractivity contribution < 1.29 is 17.6 Å². The van der Waals surface area contributed by atoms with Crippen molar-refractivity contribution in [3.63, 3.8) is 0 Å². The van der Waals surface area contributed by atoms with Crippen molar-refractivity contribution in [2.45, 2.75) is 4.90 Å². The Kier molecular flexibility index (Phi) is 3.87. The van der Waals surface area contributed by atoms with Crippen molar-refractivity contribution in [3.05, 3.63) is 53.8 Å². The van der Waals surface area contributed by atoms with Crippen LogP contribution in [0.5, 0.6) is 0 Å². The molecule has 0 aliphatic heterocycles. The predicted molar refractivity (Wildman–Crippen MR) is 87.1 cm³/mol. The molecule has 0 radical (unpaired) electrons. The molecule has 0 saturated heterocycles. The minimum atomic E-state index is -3.39. The number of carbonyl (C=O) groups excluding carboxylic acids is 1. The van der Waals surface area contributed by atoms with Gasteiger partial charge < -0.3 is 0 Å². The van der Waals surface area contributed by atoms with Crippen LogP contribution in [0.2, 0.25) is 0 Å². The van der Waals surface area contributed by atoms with Crippen LogP contribution in [0.3, 0.4) is 0 Å². The molecule has 2 aromatic carbocycles. The van der Waals surface area contributed by atoms with Crippen LogP contribution in [0, 0.1) is 5.82 Å². The number of thiazole rings is 1. The molecular weight excluding hydrogens is 339 g/mol. The van der Waals surface area contributed by atoms with Gasteiger partial charge in [0.25, 0.3) is 5.91 Å². The predicted octanol–water partition coefficient (Wildman–Crippen LogP) is 3.09. The van der Waals surface area contributed by atoms with Crippen LogP contribution in [0.15, 0.2) is 47.4 Å². The first-order valence-electron chi connectivity index (χ1n) is 6.50. The average molecular weight is 350 g/mol. The third-order valence-electron chi connectivity index (χ3n) is 3.10. The summed E-state index contributed by atoms with van der Waals surface area (Å²) in [6.45, 7) is 0. The van der Waals surface area contributed by atoms with Gasteiger partial charge in [0.05, 0.1) is 15.1 Å². The molecule has 8 heteroatoms. The maximum absolute atomic E-state index is 13.2. The summed E-state index contributed by atoms with van der Waals surface area (Å²) in [6, 6.07) is 9.90. The Morgan fingerprint density at radius 3 is 2.74 bits per heavy atom. The number of fused-ring (bicyclic) bond motifs is 1. The molecule has 118 valence electrons. The van der Waals surface area contributed by atoms with Gasteiger partial charge in [-0.1, -0.05) is 17.4 Å². The largest absolute Gasteiger partial charge is 0.298 e. The van der Waals surface area contributed by atoms with E-state index in [1.165, 1.54) is 42.5 Å². The summed E-state index contributed by atoms with van der Waals surface area (Å²) in [5, 5.41) is 2.92. The quantitative estimate of drug-likeness (QED) is 0.787. The molecule has 3 aromatic rings. The molecule has 1 heterocycles. The molecule has 23 heavy (non-hydrogen) atoms. The number of halogens is 1. The van der Waals surface area contributed by atoms with Gasteiger partial charge in [-0.25, -0.2) is 17.8 Å². The lowest BCUT2D eigenvalue weighted by Crippen LogP contribution is -2.12. The average Bonchev–Trinajstić information content (AvgIpc) is 2.87. The molecule has 0 aliphatic rings. The second-order valence-corrected chi connectivity index (χ2v) is 7.93. The lowest BCUT2D eigenvalue weighted by Gasteiger charge is -2.03. The second-order valence-electron chi connectivity index (χ2n) is 4.89. The monoisotopic (exact) mass is 350 g/mol. The molecule has 0 aliphatic carbocycles. The van der Waals surface area contributed by atoms with E-state index in [2.05, 4.69) is 10.3 Å². The number of aromatic nitrogens is 1. The summed E-state index contributed by atoms with van der Waals surface area (Å²) >= 11 is 1.14. The zero-order valence-electron chi connectivity index (χ0n) is 11.9. The van der Waals surface area contributed by atoms with E-state index in [4.69, 9.17) is 0 Å². The zero-order valence-corrected chi connectivity index (χ0v) is 13.5. The highest BCUT2D eigenvalue weighted by Crippen LogP contribution is 2.27. The van der Waals surface area contributed by atoms with Crippen LogP contribution in [0.4, 0.5) is 9.52 Å². The SMILES string of the molecule is CS(=O)(=O)c1cccc(C(=O)Nc2nc3ccc(F)cc3s2)c1. The van der Waals surface area contributed by atoms with E-state index in [0.29, 0.717) is 15.3 Å². The van der Waals surface area contributed by atoms with Gasteiger partial charge in [-0.15, -0.1) is 0 Å². The van der Waals surface area contributed by atoms with Crippen LogP contribution in [-0.2, 0) is 9.84 Å². The fourth-order valence-corrected chi connectivity index (χ4v) is 3.54. The Labute approximate surface area is 135 Å². The van der Waals surface area contributed by atoms with Crippen molar-refractivity contribution in [1.29, 1.82) is 0 Å². The molecule has 0 saturated carbocycles. The molecule has 1 N–H and O–H groups in total. The number of anilines is 1. The standard InChI is InChI=1S/C15H11FN2O3S2/c1-23(20,21)11-4-2-3-9(7-11)14(19)18-15-17-12-6-5-10(16)8-13(12)22-15/h2-8H,1H3,(H,17,18,19). The van der Waals surface area contributed by atoms with E-state index < -0.39 is 15.7 Å². The van der Waals surface area contributed by atoms with Crippen molar-refractivity contribution in [1.82, 2.24) is 4.98 Å². The highest BCUT2D eigenvalue weighted by molar-refractivity contribution is 7.90. The molecule has 0 unspecified atom stereocenters. The maximum atomic E-state index is 13.2. The topological polar surface area (TPSA) is 76.1 Å². The number of carbonyl (C=O) groups is 1. The summed E-state index contributed by atoms with van der Waals surface area (Å²) in [6.07, 6.45) is 1.08. The van der Waals surface area contributed by atoms with Crippen molar-refractivity contribution in [2.24, 2.45) is 0 Å². The fraction of sp³-hybridized carbons (Fsp3) is 0.0667. The van der Waals surface area contributed by atoms with Crippen molar-refractivity contribution in [3.8, 4) is 0 Å². The number of amides is 1. The number of sulfone groups is 1. The number of benzene rings is 2. The Balaban J connectivity index is 1.88. The van der Waals surface area contributed by atoms with Gasteiger partial charge in [0.15, 0.2) is 15.0 Å². The van der Waals surface area contributed by atoms with Crippen LogP contribution in [0.25, 0.3) is 10.2 Å². The molecule has 5 nitrogen and oxygen atoms in total. The summed E-state index contributed by atoms with van der Waals surface area (Å²) in [4.78, 5) is 16.5. The highest BCUT2D eigenvalue weighted by Gasteiger charge is 2.13. The van der Waals surface area contributed by atoms with E-state index in [-0.39, 0.29) is 16.3 Å². The Morgan fingerprint density at radius 1 is 1.22 bits per heavy atom. The van der Waals surface area contributed by atoms with Gasteiger partial charge in [-0.2, -0.15) is 0 Å². The minimum Gasteiger partial charge on any atom is -0.298 e. The van der Waals surface area contributed by atoms with Crippen LogP contribution >= 0.6 is 11.3 Å². The zero-order chi connectivity index (χ0) is 16.6. The Morgan fingerprint density at radius 2 is 2.00 bits per heavy atom. The molecule has 1 aromatic heterocycles. The Bertz CT molecular complexity index is 1010. The maximum Gasteiger partial charge on any atom is 0.257 e. The normalized spacial score (nSPS) is 11.6. The third kappa shape index (κ3) is 3.38. The van der Waals surface area contributed by atoms with Gasteiger partial charge in [-0.3, -0.25) is 10.1 Å². The van der Waals surface area contributed by atoms with Crippen molar-refractivity contribution >= 4 is 42.4 Å². The molecule has 0 atom stereocenters. The van der Waals surface area contributed by atoms with E-state index in [0.717, 1.165) is 17.6 Å². The first kappa shape index (κ1) is 15.6. The number of nitrogens with one attached hydrogen (secondary N) is 1. The molecule has 0 fully saturated rings.